The third-order valence-electron chi connectivity index (χ3n) is 15.7. The van der Waals surface area contributed by atoms with Crippen molar-refractivity contribution in [2.75, 3.05) is 13.2 Å². The number of aliphatic hydroxyl groups is 3. The molecule has 71 heavy (non-hydrogen) atoms. The molecule has 0 bridgehead atoms. The van der Waals surface area contributed by atoms with Gasteiger partial charge in [0.05, 0.1) is 6.10 Å². The number of carbonyl (C=O) groups is 2. The number of ether oxygens (including phenoxy) is 3. The highest BCUT2D eigenvalue weighted by Crippen LogP contribution is 2.43. The second-order valence-corrected chi connectivity index (χ2v) is 20.4. The van der Waals surface area contributed by atoms with Gasteiger partial charge in [0.15, 0.2) is 0 Å². The molecule has 2 saturated carbocycles. The van der Waals surface area contributed by atoms with Crippen LogP contribution in [0.5, 0.6) is 11.5 Å². The number of esters is 1. The molecule has 0 unspecified atom stereocenters. The monoisotopic (exact) mass is 967 g/mol. The van der Waals surface area contributed by atoms with Crippen LogP contribution in [0.15, 0.2) is 72.8 Å². The average molecular weight is 967 g/mol. The second kappa shape index (κ2) is 24.2. The van der Waals surface area contributed by atoms with Crippen molar-refractivity contribution < 1.29 is 44.2 Å². The number of aliphatic hydroxyl groups excluding tert-OH is 1. The first-order valence-electron chi connectivity index (χ1n) is 26.2. The van der Waals surface area contributed by atoms with Crippen LogP contribution in [0.3, 0.4) is 0 Å². The van der Waals surface area contributed by atoms with Gasteiger partial charge in [-0.15, -0.1) is 0 Å². The lowest BCUT2D eigenvalue weighted by atomic mass is 9.70. The summed E-state index contributed by atoms with van der Waals surface area (Å²) < 4.78 is 17.1. The third kappa shape index (κ3) is 13.5. The van der Waals surface area contributed by atoms with E-state index in [4.69, 9.17) is 19.3 Å². The number of aryl methyl sites for hydroxylation is 4. The molecule has 3 aliphatic rings. The lowest BCUT2D eigenvalue weighted by Crippen LogP contribution is -2.26. The zero-order chi connectivity index (χ0) is 51.4. The van der Waals surface area contributed by atoms with Crippen LogP contribution in [-0.2, 0) is 25.2 Å². The summed E-state index contributed by atoms with van der Waals surface area (Å²) in [5.41, 5.74) is 9.36. The molecule has 2 atom stereocenters. The quantitative estimate of drug-likeness (QED) is 0.0601. The molecule has 1 saturated heterocycles. The number of carboxylic acids is 1. The van der Waals surface area contributed by atoms with Crippen LogP contribution in [-0.4, -0.2) is 69.0 Å². The number of rotatable bonds is 17. The molecular weight excluding hydrogens is 889 g/mol. The number of hydrogen-bond acceptors (Lipinski definition) is 8. The first-order valence-corrected chi connectivity index (χ1v) is 26.2. The van der Waals surface area contributed by atoms with Crippen LogP contribution in [0.1, 0.15) is 186 Å². The van der Waals surface area contributed by atoms with Crippen LogP contribution in [0.4, 0.5) is 0 Å². The minimum atomic E-state index is -0.925. The van der Waals surface area contributed by atoms with Gasteiger partial charge in [-0.05, 0) is 186 Å². The first kappa shape index (κ1) is 54.7. The van der Waals surface area contributed by atoms with E-state index >= 15 is 0 Å². The maximum Gasteiger partial charge on any atom is 0.306 e. The molecule has 9 heteroatoms. The molecule has 0 radical (unpaired) electrons. The summed E-state index contributed by atoms with van der Waals surface area (Å²) in [4.78, 5) is 22.1. The predicted octanol–water partition coefficient (Wildman–Crippen LogP) is 11.8. The molecule has 0 amide bonds. The van der Waals surface area contributed by atoms with Gasteiger partial charge in [0.2, 0.25) is 0 Å². The topological polar surface area (TPSA) is 143 Å². The smallest absolute Gasteiger partial charge is 0.306 e. The minimum Gasteiger partial charge on any atom is -0.491 e. The molecule has 380 valence electrons. The van der Waals surface area contributed by atoms with E-state index in [0.29, 0.717) is 18.8 Å². The number of hydrogen-bond donors (Lipinski definition) is 4. The van der Waals surface area contributed by atoms with E-state index in [-0.39, 0.29) is 42.4 Å². The second-order valence-electron chi connectivity index (χ2n) is 20.4. The van der Waals surface area contributed by atoms with Gasteiger partial charge >= 0.3 is 11.9 Å². The maximum absolute atomic E-state index is 11.3. The van der Waals surface area contributed by atoms with Crippen LogP contribution >= 0.6 is 0 Å². The fraction of sp³-hybridized carbons (Fsp3) is 0.516. The molecule has 9 nitrogen and oxygen atoms in total. The summed E-state index contributed by atoms with van der Waals surface area (Å²) in [5.74, 6) is 13.2. The fourth-order valence-corrected chi connectivity index (χ4v) is 10.9. The summed E-state index contributed by atoms with van der Waals surface area (Å²) >= 11 is 0. The van der Waals surface area contributed by atoms with E-state index in [2.05, 4.69) is 139 Å². The minimum absolute atomic E-state index is 0.0665. The highest BCUT2D eigenvalue weighted by Gasteiger charge is 2.34. The van der Waals surface area contributed by atoms with Gasteiger partial charge in [0.25, 0.3) is 0 Å². The molecule has 4 aromatic rings. The van der Waals surface area contributed by atoms with Crippen molar-refractivity contribution >= 4 is 11.9 Å². The molecular formula is C62H78O9. The summed E-state index contributed by atoms with van der Waals surface area (Å²) in [6, 6.07) is 25.7. The van der Waals surface area contributed by atoms with Crippen molar-refractivity contribution in [3.8, 4) is 35.2 Å². The summed E-state index contributed by atoms with van der Waals surface area (Å²) in [6.07, 6.45) is 11.4. The van der Waals surface area contributed by atoms with Crippen molar-refractivity contribution in [3.05, 3.63) is 128 Å². The normalized spacial score (nSPS) is 17.5. The Balaban J connectivity index is 0.000000232. The van der Waals surface area contributed by atoms with E-state index in [1.54, 1.807) is 0 Å². The predicted molar refractivity (Wildman–Crippen MR) is 281 cm³/mol. The number of cyclic esters (lactones) is 1. The Kier molecular flexibility index (Phi) is 18.7. The van der Waals surface area contributed by atoms with E-state index in [1.807, 2.05) is 13.0 Å². The molecule has 7 rings (SSSR count). The summed E-state index contributed by atoms with van der Waals surface area (Å²) in [5, 5.41) is 40.0. The molecule has 4 aromatic carbocycles. The number of carbonyl (C=O) groups excluding carboxylic acids is 1. The number of aliphatic carboxylic acids is 1. The van der Waals surface area contributed by atoms with Gasteiger partial charge in [-0.2, -0.15) is 0 Å². The zero-order valence-electron chi connectivity index (χ0n) is 43.6. The van der Waals surface area contributed by atoms with Crippen molar-refractivity contribution in [1.29, 1.82) is 0 Å². The Bertz CT molecular complexity index is 2600. The Morgan fingerprint density at radius 2 is 1.07 bits per heavy atom. The zero-order valence-corrected chi connectivity index (χ0v) is 43.6. The van der Waals surface area contributed by atoms with Gasteiger partial charge in [-0.25, -0.2) is 0 Å². The molecule has 3 fully saturated rings. The molecule has 4 N–H and O–H groups in total. The standard InChI is InChI=1S/C31H40O5.C31H38O4/c1-5-31(6-2,25-10-9-24(22(3)19-25)15-18-30(35)16-7-8-17-30)26-11-13-28(23(4)20-26)36-21-27(32)12-14-29(33)34;1-5-31(6-2,25-10-9-24(22(3)19-25)15-18-30(33)16-7-8-17-30)26-11-13-28(23(4)20-26)34-21-27-12-14-29(32)35-27/h9-11,13,19-20,27,32,35H,5-8,12,14,16-17,21H2,1-4H3,(H,33,34);9-11,13,19-20,27,33H,5-8,12,14,16-17,21H2,1-4H3/t2*27-/m00/s1. The van der Waals surface area contributed by atoms with Crippen LogP contribution in [0, 0.1) is 51.4 Å². The molecule has 1 aliphatic heterocycles. The number of benzene rings is 4. The fourth-order valence-electron chi connectivity index (χ4n) is 10.9. The highest BCUT2D eigenvalue weighted by molar-refractivity contribution is 5.71. The van der Waals surface area contributed by atoms with Gasteiger partial charge in [-0.1, -0.05) is 99.9 Å². The van der Waals surface area contributed by atoms with Gasteiger partial charge < -0.3 is 34.6 Å². The van der Waals surface area contributed by atoms with Gasteiger partial charge in [0, 0.05) is 34.8 Å². The van der Waals surface area contributed by atoms with Crippen LogP contribution in [0.2, 0.25) is 0 Å². The van der Waals surface area contributed by atoms with Crippen LogP contribution < -0.4 is 9.47 Å². The Morgan fingerprint density at radius 1 is 0.662 bits per heavy atom. The average Bonchev–Trinajstić information content (AvgIpc) is 4.12. The Hall–Kier alpha value is -5.58. The first-order chi connectivity index (χ1) is 33.9. The number of carboxylic acid groups (broad SMARTS) is 1. The molecule has 2 aliphatic carbocycles. The van der Waals surface area contributed by atoms with Crippen molar-refractivity contribution in [2.45, 2.75) is 192 Å². The van der Waals surface area contributed by atoms with Crippen molar-refractivity contribution in [3.63, 3.8) is 0 Å². The Labute approximate surface area is 423 Å². The van der Waals surface area contributed by atoms with Crippen LogP contribution in [0.25, 0.3) is 0 Å². The van der Waals surface area contributed by atoms with Gasteiger partial charge in [-0.3, -0.25) is 9.59 Å². The van der Waals surface area contributed by atoms with E-state index in [0.717, 1.165) is 123 Å². The highest BCUT2D eigenvalue weighted by atomic mass is 16.6. The van der Waals surface area contributed by atoms with Crippen molar-refractivity contribution in [1.82, 2.24) is 0 Å². The third-order valence-corrected chi connectivity index (χ3v) is 15.7. The molecule has 1 heterocycles. The summed E-state index contributed by atoms with van der Waals surface area (Å²) in [6.45, 7) is 17.6. The SMILES string of the molecule is CCC(CC)(c1ccc(C#CC2(O)CCCC2)c(C)c1)c1ccc(OC[C@@H](O)CCC(=O)O)c(C)c1.CCC(CC)(c1ccc(C#CC2(O)CCCC2)c(C)c1)c1ccc(OC[C@@H]2CCC(=O)O2)c(C)c1. The maximum atomic E-state index is 11.3. The Morgan fingerprint density at radius 3 is 1.44 bits per heavy atom. The summed E-state index contributed by atoms with van der Waals surface area (Å²) in [7, 11) is 0. The van der Waals surface area contributed by atoms with E-state index < -0.39 is 23.3 Å². The molecule has 0 spiro atoms. The lowest BCUT2D eigenvalue weighted by molar-refractivity contribution is -0.142. The van der Waals surface area contributed by atoms with E-state index in [1.165, 1.54) is 22.3 Å². The molecule has 0 aromatic heterocycles. The largest absolute Gasteiger partial charge is 0.491 e. The van der Waals surface area contributed by atoms with Gasteiger partial charge in [0.1, 0.15) is 42.0 Å². The van der Waals surface area contributed by atoms with Crippen molar-refractivity contribution in [2.24, 2.45) is 0 Å². The lowest BCUT2D eigenvalue weighted by Gasteiger charge is -2.34. The van der Waals surface area contributed by atoms with E-state index in [9.17, 15) is 24.9 Å².